The summed E-state index contributed by atoms with van der Waals surface area (Å²) in [5.41, 5.74) is 5.73. The van der Waals surface area contributed by atoms with Gasteiger partial charge in [0.15, 0.2) is 0 Å². The summed E-state index contributed by atoms with van der Waals surface area (Å²) in [5, 5.41) is 10.3. The zero-order valence-electron chi connectivity index (χ0n) is 26.2. The first kappa shape index (κ1) is 34.1. The fraction of sp³-hybridized carbons (Fsp3) is 0.361. The third kappa shape index (κ3) is 8.97. The van der Waals surface area contributed by atoms with Gasteiger partial charge in [-0.05, 0) is 86.1 Å². The van der Waals surface area contributed by atoms with E-state index in [4.69, 9.17) is 5.41 Å². The number of anilines is 1. The van der Waals surface area contributed by atoms with Crippen LogP contribution in [-0.4, -0.2) is 36.0 Å². The topological polar surface area (TPSA) is 73.3 Å². The van der Waals surface area contributed by atoms with Gasteiger partial charge in [0.1, 0.15) is 5.82 Å². The number of carbonyl (C=O) groups is 2. The third-order valence-corrected chi connectivity index (χ3v) is 7.06. The molecule has 0 radical (unpaired) electrons. The van der Waals surface area contributed by atoms with Crippen molar-refractivity contribution in [3.63, 3.8) is 0 Å². The van der Waals surface area contributed by atoms with Crippen molar-refractivity contribution in [1.29, 1.82) is 5.41 Å². The Bertz CT molecular complexity index is 1370. The van der Waals surface area contributed by atoms with Gasteiger partial charge in [-0.1, -0.05) is 82.2 Å². The number of likely N-dealkylation sites (tertiary alicyclic amines) is 1. The molecule has 0 atom stereocenters. The Morgan fingerprint density at radius 2 is 1.55 bits per heavy atom. The Hall–Kier alpha value is -4.06. The van der Waals surface area contributed by atoms with Crippen LogP contribution in [0.5, 0.6) is 0 Å². The van der Waals surface area contributed by atoms with Gasteiger partial charge in [0.05, 0.1) is 5.56 Å². The highest BCUT2D eigenvalue weighted by molar-refractivity contribution is 6.08. The zero-order valence-corrected chi connectivity index (χ0v) is 26.2. The second kappa shape index (κ2) is 17.0. The van der Waals surface area contributed by atoms with Crippen molar-refractivity contribution in [2.45, 2.75) is 73.6 Å². The number of piperidine rings is 1. The van der Waals surface area contributed by atoms with Crippen molar-refractivity contribution in [1.82, 2.24) is 4.90 Å². The molecule has 1 fully saturated rings. The van der Waals surface area contributed by atoms with Crippen molar-refractivity contribution in [3.8, 4) is 0 Å². The molecule has 1 saturated heterocycles. The van der Waals surface area contributed by atoms with Crippen LogP contribution < -0.4 is 5.32 Å². The van der Waals surface area contributed by atoms with E-state index in [0.717, 1.165) is 35.1 Å². The van der Waals surface area contributed by atoms with E-state index in [1.165, 1.54) is 30.3 Å². The summed E-state index contributed by atoms with van der Waals surface area (Å²) in [6, 6.07) is 18.0. The summed E-state index contributed by atoms with van der Waals surface area (Å²) in [4.78, 5) is 27.9. The average molecular weight is 572 g/mol. The Morgan fingerprint density at radius 1 is 0.952 bits per heavy atom. The number of benzene rings is 3. The highest BCUT2D eigenvalue weighted by Gasteiger charge is 2.25. The molecule has 4 rings (SSSR count). The minimum Gasteiger partial charge on any atom is -0.339 e. The van der Waals surface area contributed by atoms with E-state index in [2.05, 4.69) is 43.4 Å². The molecule has 3 aromatic rings. The number of amides is 2. The Kier molecular flexibility index (Phi) is 13.8. The summed E-state index contributed by atoms with van der Waals surface area (Å²) < 4.78 is 14.2. The van der Waals surface area contributed by atoms with Crippen LogP contribution in [0.1, 0.15) is 103 Å². The number of rotatable bonds is 6. The molecule has 0 spiro atoms. The fourth-order valence-electron chi connectivity index (χ4n) is 4.77. The van der Waals surface area contributed by atoms with Gasteiger partial charge in [0.25, 0.3) is 11.8 Å². The van der Waals surface area contributed by atoms with E-state index >= 15 is 0 Å². The van der Waals surface area contributed by atoms with Crippen molar-refractivity contribution in [2.24, 2.45) is 0 Å². The first-order valence-electron chi connectivity index (χ1n) is 15.0. The van der Waals surface area contributed by atoms with Crippen molar-refractivity contribution in [3.05, 3.63) is 106 Å². The molecule has 0 aliphatic carbocycles. The van der Waals surface area contributed by atoms with Crippen molar-refractivity contribution in [2.75, 3.05) is 18.4 Å². The Balaban J connectivity index is 0.00000116. The lowest BCUT2D eigenvalue weighted by molar-refractivity contribution is 0.0712. The van der Waals surface area contributed by atoms with Crippen LogP contribution in [0, 0.1) is 25.1 Å². The van der Waals surface area contributed by atoms with Gasteiger partial charge < -0.3 is 15.6 Å². The fourth-order valence-corrected chi connectivity index (χ4v) is 4.77. The van der Waals surface area contributed by atoms with Crippen LogP contribution in [-0.2, 0) is 0 Å². The van der Waals surface area contributed by atoms with Crippen LogP contribution in [0.4, 0.5) is 10.1 Å². The van der Waals surface area contributed by atoms with Crippen LogP contribution in [0.3, 0.4) is 0 Å². The van der Waals surface area contributed by atoms with Crippen LogP contribution in [0.2, 0.25) is 0 Å². The molecule has 42 heavy (non-hydrogen) atoms. The average Bonchev–Trinajstić information content (AvgIpc) is 3.01. The maximum Gasteiger partial charge on any atom is 0.258 e. The van der Waals surface area contributed by atoms with Gasteiger partial charge in [-0.3, -0.25) is 9.59 Å². The van der Waals surface area contributed by atoms with Crippen molar-refractivity contribution >= 4 is 29.3 Å². The predicted molar refractivity (Wildman–Crippen MR) is 174 cm³/mol. The quantitative estimate of drug-likeness (QED) is 0.290. The molecule has 0 aromatic heterocycles. The molecule has 2 N–H and O–H groups in total. The summed E-state index contributed by atoms with van der Waals surface area (Å²) in [6.07, 6.45) is 6.28. The molecule has 3 aromatic carbocycles. The van der Waals surface area contributed by atoms with E-state index in [-0.39, 0.29) is 11.5 Å². The molecule has 5 nitrogen and oxygen atoms in total. The van der Waals surface area contributed by atoms with E-state index in [9.17, 15) is 14.0 Å². The zero-order chi connectivity index (χ0) is 31.2. The van der Waals surface area contributed by atoms with Gasteiger partial charge in [-0.25, -0.2) is 4.39 Å². The highest BCUT2D eigenvalue weighted by atomic mass is 19.1. The number of aryl methyl sites for hydroxylation is 2. The van der Waals surface area contributed by atoms with Crippen LogP contribution in [0.25, 0.3) is 5.57 Å². The normalized spacial score (nSPS) is 13.2. The van der Waals surface area contributed by atoms with Crippen LogP contribution in [0.15, 0.2) is 66.7 Å². The Labute approximate surface area is 251 Å². The Morgan fingerprint density at radius 3 is 2.12 bits per heavy atom. The molecular weight excluding hydrogens is 525 g/mol. The minimum absolute atomic E-state index is 0.0222. The standard InChI is InChI=1S/C31H32FN3O2.C3H8.C2H6/c1-4-22(19-33)23-8-10-24(11-9-23)25-13-15-35(16-14-25)31(37)26-7-6-21(3)29(18-26)34-30(36)27-17-20(2)5-12-28(27)32;1-3-2;1-2/h4-12,17-19,25,33H,13-16H2,1-3H3,(H,34,36);3H2,1-2H3;1-2H3/b22-4+,33-19?;;. The predicted octanol–water partition coefficient (Wildman–Crippen LogP) is 9.21. The third-order valence-electron chi connectivity index (χ3n) is 7.06. The second-order valence-corrected chi connectivity index (χ2v) is 10.3. The molecule has 224 valence electrons. The van der Waals surface area contributed by atoms with Gasteiger partial charge in [-0.2, -0.15) is 0 Å². The minimum atomic E-state index is -0.581. The number of hydrogen-bond acceptors (Lipinski definition) is 3. The SMILES string of the molecule is C/C=C(\C=N)c1ccc(C2CCN(C(=O)c3ccc(C)c(NC(=O)c4cc(C)ccc4F)c3)CC2)cc1.CC.CCC. The molecule has 0 saturated carbocycles. The highest BCUT2D eigenvalue weighted by Crippen LogP contribution is 2.30. The van der Waals surface area contributed by atoms with E-state index in [1.54, 1.807) is 31.2 Å². The number of nitrogens with one attached hydrogen (secondary N) is 2. The lowest BCUT2D eigenvalue weighted by Gasteiger charge is -2.32. The molecule has 1 aliphatic rings. The first-order chi connectivity index (χ1) is 20.2. The second-order valence-electron chi connectivity index (χ2n) is 10.3. The van der Waals surface area contributed by atoms with Crippen molar-refractivity contribution < 1.29 is 14.0 Å². The van der Waals surface area contributed by atoms with E-state index in [1.807, 2.05) is 38.7 Å². The lowest BCUT2D eigenvalue weighted by atomic mass is 9.88. The lowest BCUT2D eigenvalue weighted by Crippen LogP contribution is -2.38. The number of allylic oxidation sites excluding steroid dienone is 2. The number of hydrogen-bond donors (Lipinski definition) is 2. The van der Waals surface area contributed by atoms with Crippen LogP contribution >= 0.6 is 0 Å². The summed E-state index contributed by atoms with van der Waals surface area (Å²) in [7, 11) is 0. The maximum atomic E-state index is 14.2. The number of carbonyl (C=O) groups excluding carboxylic acids is 2. The number of nitrogens with zero attached hydrogens (tertiary/aromatic N) is 1. The summed E-state index contributed by atoms with van der Waals surface area (Å²) in [5.74, 6) is -0.815. The molecule has 1 aliphatic heterocycles. The smallest absolute Gasteiger partial charge is 0.258 e. The summed E-state index contributed by atoms with van der Waals surface area (Å²) in [6.45, 7) is 15.1. The molecule has 0 bridgehead atoms. The molecular formula is C36H46FN3O2. The summed E-state index contributed by atoms with van der Waals surface area (Å²) >= 11 is 0. The maximum absolute atomic E-state index is 14.2. The monoisotopic (exact) mass is 571 g/mol. The van der Waals surface area contributed by atoms with Gasteiger partial charge >= 0.3 is 0 Å². The molecule has 0 unspecified atom stereocenters. The van der Waals surface area contributed by atoms with E-state index in [0.29, 0.717) is 30.3 Å². The van der Waals surface area contributed by atoms with E-state index < -0.39 is 11.7 Å². The van der Waals surface area contributed by atoms with Gasteiger partial charge in [0, 0.05) is 30.6 Å². The molecule has 6 heteroatoms. The largest absolute Gasteiger partial charge is 0.339 e. The van der Waals surface area contributed by atoms with Gasteiger partial charge in [0.2, 0.25) is 0 Å². The molecule has 2 amide bonds. The number of halogens is 1. The van der Waals surface area contributed by atoms with Gasteiger partial charge in [-0.15, -0.1) is 0 Å². The first-order valence-corrected chi connectivity index (χ1v) is 15.0. The molecule has 1 heterocycles.